The van der Waals surface area contributed by atoms with Gasteiger partial charge in [0.1, 0.15) is 0 Å². The Morgan fingerprint density at radius 2 is 2.04 bits per heavy atom. The summed E-state index contributed by atoms with van der Waals surface area (Å²) >= 11 is 0. The van der Waals surface area contributed by atoms with Crippen molar-refractivity contribution in [1.29, 1.82) is 0 Å². The molecule has 27 heavy (non-hydrogen) atoms. The number of hydrazine groups is 1. The first-order chi connectivity index (χ1) is 12.7. The molecule has 3 rings (SSSR count). The Balaban J connectivity index is 1.55. The van der Waals surface area contributed by atoms with Gasteiger partial charge in [0.15, 0.2) is 11.6 Å². The van der Waals surface area contributed by atoms with E-state index in [1.807, 2.05) is 0 Å². The molecule has 2 N–H and O–H groups in total. The van der Waals surface area contributed by atoms with E-state index in [2.05, 4.69) is 25.4 Å². The fourth-order valence-electron chi connectivity index (χ4n) is 3.35. The number of hydrogen-bond donors (Lipinski definition) is 2. The van der Waals surface area contributed by atoms with E-state index in [0.717, 1.165) is 31.8 Å². The lowest BCUT2D eigenvalue weighted by atomic mass is 10.0. The van der Waals surface area contributed by atoms with Gasteiger partial charge in [0, 0.05) is 58.2 Å². The molecule has 2 fully saturated rings. The summed E-state index contributed by atoms with van der Waals surface area (Å²) in [4.78, 5) is 11.0. The van der Waals surface area contributed by atoms with Crippen LogP contribution in [0.15, 0.2) is 18.2 Å². The quantitative estimate of drug-likeness (QED) is 0.749. The van der Waals surface area contributed by atoms with Crippen molar-refractivity contribution in [2.24, 2.45) is 5.92 Å². The summed E-state index contributed by atoms with van der Waals surface area (Å²) in [6.07, 6.45) is -4.92. The molecule has 1 unspecified atom stereocenters. The summed E-state index contributed by atoms with van der Waals surface area (Å²) in [5, 5.41) is 10.4. The number of benzene rings is 1. The van der Waals surface area contributed by atoms with Crippen molar-refractivity contribution in [2.45, 2.75) is 19.3 Å². The van der Waals surface area contributed by atoms with Gasteiger partial charge in [-0.2, -0.15) is 0 Å². The number of hydrogen-bond acceptors (Lipinski definition) is 5. The number of carbonyl (C=O) groups is 1. The summed E-state index contributed by atoms with van der Waals surface area (Å²) in [5.41, 5.74) is 0.571. The zero-order valence-corrected chi connectivity index (χ0v) is 14.9. The van der Waals surface area contributed by atoms with Crippen LogP contribution in [-0.2, 0) is 4.79 Å². The highest BCUT2D eigenvalue weighted by molar-refractivity contribution is 5.72. The van der Waals surface area contributed by atoms with Crippen LogP contribution in [0.3, 0.4) is 0 Å². The molecule has 2 heterocycles. The van der Waals surface area contributed by atoms with Gasteiger partial charge in [-0.3, -0.25) is 4.79 Å². The first-order valence-electron chi connectivity index (χ1n) is 8.74. The number of amides is 1. The molecular weight excluding hydrogens is 368 g/mol. The molecule has 0 saturated carbocycles. The fourth-order valence-corrected chi connectivity index (χ4v) is 3.35. The Bertz CT molecular complexity index is 679. The average Bonchev–Trinajstić information content (AvgIpc) is 2.54. The first kappa shape index (κ1) is 19.8. The molecule has 2 saturated heterocycles. The van der Waals surface area contributed by atoms with Crippen LogP contribution in [0.4, 0.5) is 17.6 Å². The highest BCUT2D eigenvalue weighted by Gasteiger charge is 2.35. The van der Waals surface area contributed by atoms with Crippen molar-refractivity contribution in [3.8, 4) is 5.75 Å². The third-order valence-corrected chi connectivity index (χ3v) is 4.72. The maximum Gasteiger partial charge on any atom is 0.573 e. The van der Waals surface area contributed by atoms with E-state index in [9.17, 15) is 22.4 Å². The van der Waals surface area contributed by atoms with Gasteiger partial charge in [-0.15, -0.1) is 13.2 Å². The maximum absolute atomic E-state index is 14.0. The number of nitrogens with zero attached hydrogens (tertiary/aromatic N) is 2. The predicted octanol–water partition coefficient (Wildman–Crippen LogP) is 1.65. The van der Waals surface area contributed by atoms with Crippen LogP contribution in [0, 0.1) is 11.7 Å². The Morgan fingerprint density at radius 3 is 2.67 bits per heavy atom. The number of piperazine rings is 1. The Kier molecular flexibility index (Phi) is 5.87. The van der Waals surface area contributed by atoms with Crippen molar-refractivity contribution >= 4 is 5.91 Å². The third-order valence-electron chi connectivity index (χ3n) is 4.72. The lowest BCUT2D eigenvalue weighted by Gasteiger charge is -2.49. The second-order valence-corrected chi connectivity index (χ2v) is 6.83. The van der Waals surface area contributed by atoms with Crippen LogP contribution < -0.4 is 15.4 Å². The normalized spacial score (nSPS) is 22.3. The van der Waals surface area contributed by atoms with Gasteiger partial charge in [-0.05, 0) is 17.7 Å². The van der Waals surface area contributed by atoms with Crippen LogP contribution in [0.25, 0.3) is 0 Å². The van der Waals surface area contributed by atoms with Crippen molar-refractivity contribution in [3.63, 3.8) is 0 Å². The van der Waals surface area contributed by atoms with E-state index >= 15 is 0 Å². The van der Waals surface area contributed by atoms with Crippen LogP contribution in [0.1, 0.15) is 18.5 Å². The molecule has 2 aliphatic rings. The van der Waals surface area contributed by atoms with E-state index in [4.69, 9.17) is 0 Å². The maximum atomic E-state index is 14.0. The van der Waals surface area contributed by atoms with E-state index in [0.29, 0.717) is 31.1 Å². The minimum Gasteiger partial charge on any atom is -0.403 e. The molecule has 0 spiro atoms. The number of ether oxygens (including phenoxy) is 1. The Labute approximate surface area is 154 Å². The molecule has 10 heteroatoms. The lowest BCUT2D eigenvalue weighted by molar-refractivity contribution is -0.275. The van der Waals surface area contributed by atoms with Crippen molar-refractivity contribution < 1.29 is 27.1 Å². The molecule has 1 amide bonds. The summed E-state index contributed by atoms with van der Waals surface area (Å²) in [6.45, 7) is 5.86. The second-order valence-electron chi connectivity index (χ2n) is 6.83. The molecule has 1 aromatic rings. The molecular formula is C17H22F4N4O2. The topological polar surface area (TPSA) is 56.8 Å². The predicted molar refractivity (Wildman–Crippen MR) is 89.1 cm³/mol. The van der Waals surface area contributed by atoms with Gasteiger partial charge >= 0.3 is 6.36 Å². The zero-order valence-electron chi connectivity index (χ0n) is 14.9. The third kappa shape index (κ3) is 5.30. The van der Waals surface area contributed by atoms with Crippen LogP contribution in [0.2, 0.25) is 0 Å². The van der Waals surface area contributed by atoms with Gasteiger partial charge in [0.25, 0.3) is 0 Å². The van der Waals surface area contributed by atoms with Gasteiger partial charge < -0.3 is 15.4 Å². The smallest absolute Gasteiger partial charge is 0.403 e. The largest absolute Gasteiger partial charge is 0.573 e. The lowest BCUT2D eigenvalue weighted by Crippen LogP contribution is -2.62. The second kappa shape index (κ2) is 7.99. The summed E-state index contributed by atoms with van der Waals surface area (Å²) in [6, 6.07) is 3.34. The zero-order chi connectivity index (χ0) is 19.6. The SMILES string of the molecule is CC(=O)NCC1CN(N2CCNC(c3ccc(OC(F)(F)F)c(F)c3)C2)C1. The van der Waals surface area contributed by atoms with Gasteiger partial charge in [0.2, 0.25) is 5.91 Å². The first-order valence-corrected chi connectivity index (χ1v) is 8.74. The standard InChI is InChI=1S/C17H22F4N4O2/c1-11(26)23-7-12-8-25(9-12)24-5-4-22-15(10-24)13-2-3-16(14(18)6-13)27-17(19,20)21/h2-3,6,12,15,22H,4-5,7-10H2,1H3,(H,23,26). The number of carbonyl (C=O) groups excluding carboxylic acids is 1. The Hall–Kier alpha value is -1.91. The number of alkyl halides is 3. The van der Waals surface area contributed by atoms with E-state index in [1.54, 1.807) is 0 Å². The summed E-state index contributed by atoms with van der Waals surface area (Å²) in [7, 11) is 0. The van der Waals surface area contributed by atoms with Crippen molar-refractivity contribution in [2.75, 3.05) is 39.3 Å². The number of nitrogens with one attached hydrogen (secondary N) is 2. The number of rotatable bonds is 5. The fraction of sp³-hybridized carbons (Fsp3) is 0.588. The van der Waals surface area contributed by atoms with Crippen LogP contribution in [-0.4, -0.2) is 61.6 Å². The van der Waals surface area contributed by atoms with Gasteiger partial charge in [0.05, 0.1) is 0 Å². The molecule has 0 radical (unpaired) electrons. The highest BCUT2D eigenvalue weighted by Crippen LogP contribution is 2.29. The minimum absolute atomic E-state index is 0.0457. The molecule has 150 valence electrons. The average molecular weight is 390 g/mol. The molecule has 0 aliphatic carbocycles. The van der Waals surface area contributed by atoms with E-state index in [1.165, 1.54) is 13.0 Å². The molecule has 0 bridgehead atoms. The molecule has 1 aromatic carbocycles. The molecule has 2 aliphatic heterocycles. The number of halogens is 4. The van der Waals surface area contributed by atoms with Gasteiger partial charge in [-0.25, -0.2) is 14.4 Å². The summed E-state index contributed by atoms with van der Waals surface area (Å²) < 4.78 is 54.4. The minimum atomic E-state index is -4.92. The van der Waals surface area contributed by atoms with E-state index in [-0.39, 0.29) is 11.9 Å². The van der Waals surface area contributed by atoms with Gasteiger partial charge in [-0.1, -0.05) is 6.07 Å². The monoisotopic (exact) mass is 390 g/mol. The molecule has 0 aromatic heterocycles. The molecule has 6 nitrogen and oxygen atoms in total. The van der Waals surface area contributed by atoms with Crippen molar-refractivity contribution in [1.82, 2.24) is 20.7 Å². The molecule has 1 atom stereocenters. The highest BCUT2D eigenvalue weighted by atomic mass is 19.4. The Morgan fingerprint density at radius 1 is 1.30 bits per heavy atom. The van der Waals surface area contributed by atoms with Crippen molar-refractivity contribution in [3.05, 3.63) is 29.6 Å². The summed E-state index contributed by atoms with van der Waals surface area (Å²) in [5.74, 6) is -1.51. The van der Waals surface area contributed by atoms with Crippen LogP contribution >= 0.6 is 0 Å². The van der Waals surface area contributed by atoms with Crippen LogP contribution in [0.5, 0.6) is 5.75 Å². The van der Waals surface area contributed by atoms with E-state index < -0.39 is 17.9 Å².